The fraction of sp³-hybridized carbons (Fsp3) is 0.250. The normalized spacial score (nSPS) is 14.8. The van der Waals surface area contributed by atoms with Crippen molar-refractivity contribution in [3.8, 4) is 0 Å². The van der Waals surface area contributed by atoms with Gasteiger partial charge in [-0.1, -0.05) is 23.8 Å². The summed E-state index contributed by atoms with van der Waals surface area (Å²) in [6, 6.07) is 8.45. The van der Waals surface area contributed by atoms with Crippen LogP contribution >= 0.6 is 0 Å². The summed E-state index contributed by atoms with van der Waals surface area (Å²) in [5, 5.41) is 2.61. The van der Waals surface area contributed by atoms with Gasteiger partial charge in [-0.3, -0.25) is 0 Å². The number of hydrogen-bond acceptors (Lipinski definition) is 0. The first kappa shape index (κ1) is 7.39. The number of rotatable bonds is 0. The van der Waals surface area contributed by atoms with Gasteiger partial charge >= 0.3 is 0 Å². The molecule has 0 saturated carbocycles. The Bertz CT molecular complexity index is 457. The highest BCUT2D eigenvalue weighted by atomic mass is 14.0. The van der Waals surface area contributed by atoms with E-state index >= 15 is 0 Å². The van der Waals surface area contributed by atoms with Crippen molar-refractivity contribution in [1.29, 1.82) is 0 Å². The molecular formula is C12H12. The maximum atomic E-state index is 3.39. The van der Waals surface area contributed by atoms with Crippen LogP contribution in [0, 0.1) is 0 Å². The number of hydrogen-bond donors (Lipinski definition) is 0. The fourth-order valence-electron chi connectivity index (χ4n) is 1.73. The molecule has 1 aliphatic rings. The molecule has 0 unspecified atom stereocenters. The van der Waals surface area contributed by atoms with Crippen LogP contribution in [0.15, 0.2) is 29.8 Å². The van der Waals surface area contributed by atoms with Gasteiger partial charge in [0.05, 0.1) is 0 Å². The van der Waals surface area contributed by atoms with Gasteiger partial charge in [-0.05, 0) is 37.1 Å². The molecule has 0 amide bonds. The first-order valence-corrected chi connectivity index (χ1v) is 4.28. The Balaban J connectivity index is 3.00. The monoisotopic (exact) mass is 156 g/mol. The molecule has 0 heteroatoms. The second kappa shape index (κ2) is 2.66. The Hall–Kier alpha value is -1.26. The Morgan fingerprint density at radius 2 is 1.92 bits per heavy atom. The van der Waals surface area contributed by atoms with Crippen molar-refractivity contribution < 1.29 is 0 Å². The highest BCUT2D eigenvalue weighted by Gasteiger charge is 1.98. The van der Waals surface area contributed by atoms with Crippen molar-refractivity contribution in [2.24, 2.45) is 0 Å². The molecule has 0 bridgehead atoms. The zero-order valence-electron chi connectivity index (χ0n) is 7.52. The van der Waals surface area contributed by atoms with E-state index < -0.39 is 0 Å². The van der Waals surface area contributed by atoms with E-state index in [-0.39, 0.29) is 0 Å². The Morgan fingerprint density at radius 3 is 2.75 bits per heavy atom. The Kier molecular flexibility index (Phi) is 1.64. The first-order valence-electron chi connectivity index (χ1n) is 4.28. The molecule has 1 aromatic carbocycles. The van der Waals surface area contributed by atoms with E-state index in [2.05, 4.69) is 43.8 Å². The van der Waals surface area contributed by atoms with E-state index in [4.69, 9.17) is 0 Å². The molecule has 1 aromatic rings. The van der Waals surface area contributed by atoms with Crippen LogP contribution < -0.4 is 10.4 Å². The van der Waals surface area contributed by atoms with Crippen molar-refractivity contribution in [3.63, 3.8) is 0 Å². The third-order valence-electron chi connectivity index (χ3n) is 2.27. The van der Waals surface area contributed by atoms with Gasteiger partial charge in [0.15, 0.2) is 0 Å². The van der Waals surface area contributed by atoms with E-state index in [9.17, 15) is 0 Å². The zero-order valence-corrected chi connectivity index (χ0v) is 7.52. The first-order chi connectivity index (χ1) is 5.77. The lowest BCUT2D eigenvalue weighted by Crippen LogP contribution is -2.27. The lowest BCUT2D eigenvalue weighted by Gasteiger charge is -2.04. The van der Waals surface area contributed by atoms with Gasteiger partial charge in [0.2, 0.25) is 0 Å². The second-order valence-corrected chi connectivity index (χ2v) is 3.41. The predicted octanol–water partition coefficient (Wildman–Crippen LogP) is 1.59. The summed E-state index contributed by atoms with van der Waals surface area (Å²) < 4.78 is 0. The standard InChI is InChI=1S/C12H12/c1-9-7-10(2)12-6-4-3-5-11(12)8-9/h3-6H,7H2,1-2H3. The van der Waals surface area contributed by atoms with Crippen molar-refractivity contribution in [3.05, 3.63) is 40.3 Å². The third-order valence-corrected chi connectivity index (χ3v) is 2.27. The molecule has 0 aromatic heterocycles. The molecule has 1 aliphatic carbocycles. The van der Waals surface area contributed by atoms with Gasteiger partial charge in [0.1, 0.15) is 0 Å². The summed E-state index contributed by atoms with van der Waals surface area (Å²) in [6.07, 6.45) is 1.08. The summed E-state index contributed by atoms with van der Waals surface area (Å²) in [5.74, 6) is 0. The quantitative estimate of drug-likeness (QED) is 0.535. The van der Waals surface area contributed by atoms with Gasteiger partial charge < -0.3 is 0 Å². The topological polar surface area (TPSA) is 0 Å². The second-order valence-electron chi connectivity index (χ2n) is 3.41. The molecule has 0 radical (unpaired) electrons. The largest absolute Gasteiger partial charge is 0.113 e. The molecular weight excluding hydrogens is 144 g/mol. The van der Waals surface area contributed by atoms with Crippen LogP contribution in [0.2, 0.25) is 0 Å². The molecule has 0 fully saturated rings. The molecule has 0 N–H and O–H groups in total. The molecule has 0 atom stereocenters. The van der Waals surface area contributed by atoms with Gasteiger partial charge in [0.25, 0.3) is 0 Å². The minimum Gasteiger partial charge on any atom is -0.113 e. The molecule has 0 nitrogen and oxygen atoms in total. The lowest BCUT2D eigenvalue weighted by atomic mass is 10.0. The highest BCUT2D eigenvalue weighted by Crippen LogP contribution is 2.08. The Morgan fingerprint density at radius 1 is 1.17 bits per heavy atom. The lowest BCUT2D eigenvalue weighted by molar-refractivity contribution is 1.19. The highest BCUT2D eigenvalue weighted by molar-refractivity contribution is 5.52. The zero-order chi connectivity index (χ0) is 8.55. The average Bonchev–Trinajstić information content (AvgIpc) is 2.04. The van der Waals surface area contributed by atoms with Crippen molar-refractivity contribution >= 4 is 11.3 Å². The van der Waals surface area contributed by atoms with Gasteiger partial charge in [-0.15, -0.1) is 5.73 Å². The van der Waals surface area contributed by atoms with Crippen LogP contribution in [0.5, 0.6) is 0 Å². The van der Waals surface area contributed by atoms with Gasteiger partial charge in [-0.25, -0.2) is 0 Å². The summed E-state index contributed by atoms with van der Waals surface area (Å²) >= 11 is 0. The number of benzene rings is 1. The molecule has 2 rings (SSSR count). The number of fused-ring (bicyclic) bond motifs is 1. The molecule has 60 valence electrons. The molecule has 0 aliphatic heterocycles. The van der Waals surface area contributed by atoms with Crippen molar-refractivity contribution in [2.45, 2.75) is 20.3 Å². The van der Waals surface area contributed by atoms with Crippen molar-refractivity contribution in [1.82, 2.24) is 0 Å². The summed E-state index contributed by atoms with van der Waals surface area (Å²) in [5.41, 5.74) is 6.19. The number of allylic oxidation sites excluding steroid dienone is 1. The smallest absolute Gasteiger partial charge is 0.0236 e. The van der Waals surface area contributed by atoms with Crippen LogP contribution in [-0.4, -0.2) is 0 Å². The van der Waals surface area contributed by atoms with Crippen LogP contribution in [0.25, 0.3) is 11.3 Å². The summed E-state index contributed by atoms with van der Waals surface area (Å²) in [4.78, 5) is 0. The maximum absolute atomic E-state index is 3.39. The van der Waals surface area contributed by atoms with Gasteiger partial charge in [0, 0.05) is 5.22 Å². The molecule has 0 heterocycles. The van der Waals surface area contributed by atoms with E-state index in [1.807, 2.05) is 0 Å². The van der Waals surface area contributed by atoms with Crippen LogP contribution in [0.4, 0.5) is 0 Å². The molecule has 0 spiro atoms. The fourth-order valence-corrected chi connectivity index (χ4v) is 1.73. The van der Waals surface area contributed by atoms with E-state index in [1.165, 1.54) is 21.6 Å². The molecule has 12 heavy (non-hydrogen) atoms. The summed E-state index contributed by atoms with van der Waals surface area (Å²) in [6.45, 7) is 4.34. The van der Waals surface area contributed by atoms with Gasteiger partial charge in [-0.2, -0.15) is 0 Å². The van der Waals surface area contributed by atoms with Crippen LogP contribution in [-0.2, 0) is 0 Å². The summed E-state index contributed by atoms with van der Waals surface area (Å²) in [7, 11) is 0. The van der Waals surface area contributed by atoms with Crippen molar-refractivity contribution in [2.75, 3.05) is 0 Å². The average molecular weight is 156 g/mol. The third kappa shape index (κ3) is 1.11. The minimum absolute atomic E-state index is 1.08. The van der Waals surface area contributed by atoms with E-state index in [1.54, 1.807) is 0 Å². The van der Waals surface area contributed by atoms with E-state index in [0.717, 1.165) is 6.42 Å². The predicted molar refractivity (Wildman–Crippen MR) is 52.0 cm³/mol. The Labute approximate surface area is 72.5 Å². The molecule has 0 saturated heterocycles. The minimum atomic E-state index is 1.08. The SMILES string of the molecule is CC1=C=c2ccccc2=C(C)C1. The van der Waals surface area contributed by atoms with Crippen LogP contribution in [0.3, 0.4) is 0 Å². The van der Waals surface area contributed by atoms with Crippen LogP contribution in [0.1, 0.15) is 20.3 Å². The van der Waals surface area contributed by atoms with E-state index in [0.29, 0.717) is 0 Å². The maximum Gasteiger partial charge on any atom is 0.0236 e.